The number of primary amides is 1. The lowest BCUT2D eigenvalue weighted by atomic mass is 9.79. The van der Waals surface area contributed by atoms with Crippen molar-refractivity contribution in [2.75, 3.05) is 7.05 Å². The van der Waals surface area contributed by atoms with Crippen LogP contribution in [0.2, 0.25) is 5.02 Å². The van der Waals surface area contributed by atoms with E-state index in [1.165, 1.54) is 11.1 Å². The number of carbonyl (C=O) groups is 3. The Morgan fingerprint density at radius 2 is 2.06 bits per heavy atom. The van der Waals surface area contributed by atoms with Crippen LogP contribution >= 0.6 is 23.4 Å². The second-order valence-corrected chi connectivity index (χ2v) is 12.4. The Morgan fingerprint density at radius 3 is 2.74 bits per heavy atom. The summed E-state index contributed by atoms with van der Waals surface area (Å²) in [6.45, 7) is 5.75. The number of halogens is 1. The van der Waals surface area contributed by atoms with Gasteiger partial charge in [-0.25, -0.2) is 0 Å². The van der Waals surface area contributed by atoms with Crippen molar-refractivity contribution in [2.24, 2.45) is 11.1 Å². The third kappa shape index (κ3) is 4.69. The van der Waals surface area contributed by atoms with Gasteiger partial charge >= 0.3 is 0 Å². The van der Waals surface area contributed by atoms with Crippen molar-refractivity contribution in [1.29, 1.82) is 0 Å². The van der Waals surface area contributed by atoms with Gasteiger partial charge in [0, 0.05) is 10.3 Å². The largest absolute Gasteiger partial charge is 0.368 e. The van der Waals surface area contributed by atoms with Crippen LogP contribution in [0, 0.1) is 5.41 Å². The van der Waals surface area contributed by atoms with Crippen molar-refractivity contribution in [1.82, 2.24) is 15.5 Å². The third-order valence-corrected chi connectivity index (χ3v) is 9.52. The van der Waals surface area contributed by atoms with Crippen LogP contribution in [-0.4, -0.2) is 58.4 Å². The number of likely N-dealkylation sites (N-methyl/N-ethyl adjacent to an activating group) is 1. The highest BCUT2D eigenvalue weighted by molar-refractivity contribution is 8.00. The molecule has 1 aromatic carbocycles. The second-order valence-electron chi connectivity index (χ2n) is 10.5. The minimum atomic E-state index is -0.709. The molecule has 3 amide bonds. The molecule has 2 heterocycles. The number of nitrogens with two attached hydrogens (primary N) is 1. The molecule has 2 fully saturated rings. The summed E-state index contributed by atoms with van der Waals surface area (Å²) in [6, 6.07) is 4.27. The Kier molecular flexibility index (Phi) is 7.23. The van der Waals surface area contributed by atoms with Gasteiger partial charge in [-0.15, -0.1) is 11.8 Å². The Bertz CT molecular complexity index is 987. The molecular weight excluding hydrogens is 472 g/mol. The molecule has 4 N–H and O–H groups in total. The van der Waals surface area contributed by atoms with Crippen LogP contribution < -0.4 is 16.4 Å². The number of nitrogens with zero attached hydrogens (tertiary/aromatic N) is 1. The SMILES string of the molecule is CN[C@@H](C)C(=O)NC1CC([C@@H]2CCCc3cc(Cl)ccc32)SC2CC(C)(C)C(C(N)=O)N2C1=O. The van der Waals surface area contributed by atoms with Gasteiger partial charge in [0.2, 0.25) is 17.7 Å². The topological polar surface area (TPSA) is 105 Å². The zero-order chi connectivity index (χ0) is 24.8. The lowest BCUT2D eigenvalue weighted by Crippen LogP contribution is -2.57. The van der Waals surface area contributed by atoms with Crippen LogP contribution in [0.4, 0.5) is 0 Å². The highest BCUT2D eigenvalue weighted by Crippen LogP contribution is 2.51. The van der Waals surface area contributed by atoms with Crippen molar-refractivity contribution in [2.45, 2.75) is 87.5 Å². The molecular formula is C25H35ClN4O3S. The highest BCUT2D eigenvalue weighted by Gasteiger charge is 2.55. The summed E-state index contributed by atoms with van der Waals surface area (Å²) in [6.07, 6.45) is 4.26. The van der Waals surface area contributed by atoms with Crippen LogP contribution in [0.3, 0.4) is 0 Å². The summed E-state index contributed by atoms with van der Waals surface area (Å²) in [5.74, 6) is -0.687. The monoisotopic (exact) mass is 506 g/mol. The van der Waals surface area contributed by atoms with Gasteiger partial charge in [0.1, 0.15) is 12.1 Å². The molecule has 4 rings (SSSR count). The standard InChI is InChI=1S/C25H35ClN4O3S/c1-13(28-4)23(32)29-18-11-19(17-7-5-6-14-10-15(26)8-9-16(14)17)34-20-12-25(2,3)21(22(27)31)30(20)24(18)33/h8-10,13,17-21,28H,5-7,11-12H2,1-4H3,(H2,27,31)(H,29,32)/t13-,17+,18?,19?,20?,21?/m0/s1. The molecule has 34 heavy (non-hydrogen) atoms. The average Bonchev–Trinajstić information content (AvgIpc) is 2.99. The van der Waals surface area contributed by atoms with Crippen LogP contribution in [0.15, 0.2) is 18.2 Å². The minimum absolute atomic E-state index is 0.108. The molecule has 9 heteroatoms. The number of thioether (sulfide) groups is 1. The summed E-state index contributed by atoms with van der Waals surface area (Å²) >= 11 is 8.04. The van der Waals surface area contributed by atoms with E-state index in [0.29, 0.717) is 12.8 Å². The smallest absolute Gasteiger partial charge is 0.246 e. The average molecular weight is 507 g/mol. The Hall–Kier alpha value is -1.77. The molecule has 186 valence electrons. The van der Waals surface area contributed by atoms with Gasteiger partial charge < -0.3 is 21.3 Å². The van der Waals surface area contributed by atoms with E-state index in [9.17, 15) is 14.4 Å². The first-order valence-corrected chi connectivity index (χ1v) is 13.4. The van der Waals surface area contributed by atoms with E-state index in [4.69, 9.17) is 17.3 Å². The Morgan fingerprint density at radius 1 is 1.32 bits per heavy atom. The summed E-state index contributed by atoms with van der Waals surface area (Å²) < 4.78 is 0. The molecule has 0 spiro atoms. The van der Waals surface area contributed by atoms with Gasteiger partial charge in [-0.1, -0.05) is 31.5 Å². The lowest BCUT2D eigenvalue weighted by Gasteiger charge is -2.33. The molecule has 0 bridgehead atoms. The molecule has 0 saturated carbocycles. The molecule has 2 saturated heterocycles. The summed E-state index contributed by atoms with van der Waals surface area (Å²) in [4.78, 5) is 40.8. The quantitative estimate of drug-likeness (QED) is 0.569. The molecule has 1 aliphatic carbocycles. The highest BCUT2D eigenvalue weighted by atomic mass is 35.5. The minimum Gasteiger partial charge on any atom is -0.368 e. The van der Waals surface area contributed by atoms with Crippen molar-refractivity contribution >= 4 is 41.1 Å². The normalized spacial score (nSPS) is 31.3. The molecule has 7 nitrogen and oxygen atoms in total. The van der Waals surface area contributed by atoms with Gasteiger partial charge in [0.05, 0.1) is 11.4 Å². The van der Waals surface area contributed by atoms with Gasteiger partial charge in [0.25, 0.3) is 0 Å². The number of hydrogen-bond donors (Lipinski definition) is 3. The Balaban J connectivity index is 1.72. The predicted octanol–water partition coefficient (Wildman–Crippen LogP) is 2.80. The van der Waals surface area contributed by atoms with Gasteiger partial charge in [0.15, 0.2) is 0 Å². The van der Waals surface area contributed by atoms with E-state index < -0.39 is 29.4 Å². The van der Waals surface area contributed by atoms with Gasteiger partial charge in [-0.05, 0) is 80.7 Å². The Labute approximate surface area is 210 Å². The van der Waals surface area contributed by atoms with E-state index in [1.54, 1.807) is 30.6 Å². The molecule has 4 unspecified atom stereocenters. The number of hydrogen-bond acceptors (Lipinski definition) is 5. The van der Waals surface area contributed by atoms with Gasteiger partial charge in [-0.2, -0.15) is 0 Å². The van der Waals surface area contributed by atoms with E-state index in [0.717, 1.165) is 24.3 Å². The van der Waals surface area contributed by atoms with Crippen LogP contribution in [0.1, 0.15) is 63.5 Å². The number of benzene rings is 1. The fourth-order valence-corrected chi connectivity index (χ4v) is 8.15. The zero-order valence-corrected chi connectivity index (χ0v) is 21.8. The first-order valence-electron chi connectivity index (χ1n) is 12.1. The van der Waals surface area contributed by atoms with Crippen molar-refractivity contribution in [3.05, 3.63) is 34.3 Å². The fraction of sp³-hybridized carbons (Fsp3) is 0.640. The van der Waals surface area contributed by atoms with E-state index in [2.05, 4.69) is 22.8 Å². The fourth-order valence-electron chi connectivity index (χ4n) is 5.89. The van der Waals surface area contributed by atoms with Crippen LogP contribution in [0.5, 0.6) is 0 Å². The van der Waals surface area contributed by atoms with E-state index in [-0.39, 0.29) is 28.4 Å². The second kappa shape index (κ2) is 9.70. The molecule has 2 aliphatic heterocycles. The third-order valence-electron chi connectivity index (χ3n) is 7.71. The zero-order valence-electron chi connectivity index (χ0n) is 20.3. The number of aryl methyl sites for hydroxylation is 1. The number of fused-ring (bicyclic) bond motifs is 2. The first-order chi connectivity index (χ1) is 16.0. The van der Waals surface area contributed by atoms with Crippen molar-refractivity contribution in [3.8, 4) is 0 Å². The van der Waals surface area contributed by atoms with Gasteiger partial charge in [-0.3, -0.25) is 14.4 Å². The van der Waals surface area contributed by atoms with Crippen LogP contribution in [-0.2, 0) is 20.8 Å². The van der Waals surface area contributed by atoms with Crippen LogP contribution in [0.25, 0.3) is 0 Å². The summed E-state index contributed by atoms with van der Waals surface area (Å²) in [5.41, 5.74) is 7.92. The maximum atomic E-state index is 13.8. The maximum absolute atomic E-state index is 13.8. The molecule has 3 aliphatic rings. The number of amides is 3. The maximum Gasteiger partial charge on any atom is 0.246 e. The van der Waals surface area contributed by atoms with Crippen molar-refractivity contribution in [3.63, 3.8) is 0 Å². The predicted molar refractivity (Wildman–Crippen MR) is 136 cm³/mol. The van der Waals surface area contributed by atoms with E-state index >= 15 is 0 Å². The number of nitrogens with one attached hydrogen (secondary N) is 2. The lowest BCUT2D eigenvalue weighted by molar-refractivity contribution is -0.142. The number of rotatable bonds is 5. The van der Waals surface area contributed by atoms with Crippen molar-refractivity contribution < 1.29 is 14.4 Å². The summed E-state index contributed by atoms with van der Waals surface area (Å²) in [5, 5.41) is 6.60. The molecule has 0 aromatic heterocycles. The summed E-state index contributed by atoms with van der Waals surface area (Å²) in [7, 11) is 1.71. The first kappa shape index (κ1) is 25.3. The number of carbonyl (C=O) groups excluding carboxylic acids is 3. The molecule has 0 radical (unpaired) electrons. The molecule has 6 atom stereocenters. The molecule has 1 aromatic rings. The van der Waals surface area contributed by atoms with E-state index in [1.807, 2.05) is 19.9 Å².